The molecule has 0 unspecified atom stereocenters. The Hall–Kier alpha value is -1.06. The number of ether oxygens (including phenoxy) is 1. The maximum Gasteiger partial charge on any atom is 0.115 e. The molecule has 1 aromatic rings. The van der Waals surface area contributed by atoms with Crippen molar-refractivity contribution in [3.05, 3.63) is 29.8 Å². The maximum absolute atomic E-state index is 9.17. The fraction of sp³-hybridized carbons (Fsp3) is 0.571. The Morgan fingerprint density at radius 3 is 2.59 bits per heavy atom. The van der Waals surface area contributed by atoms with Gasteiger partial charge in [0.2, 0.25) is 0 Å². The van der Waals surface area contributed by atoms with Crippen LogP contribution in [0.15, 0.2) is 24.3 Å². The lowest BCUT2D eigenvalue weighted by Crippen LogP contribution is -2.29. The number of hydrogen-bond donors (Lipinski definition) is 2. The van der Waals surface area contributed by atoms with Gasteiger partial charge in [0.15, 0.2) is 0 Å². The SMILES string of the molecule is Oc1ccc(CCNCC2CCOCC2)cc1. The fourth-order valence-electron chi connectivity index (χ4n) is 2.15. The van der Waals surface area contributed by atoms with Crippen molar-refractivity contribution in [2.75, 3.05) is 26.3 Å². The summed E-state index contributed by atoms with van der Waals surface area (Å²) < 4.78 is 5.34. The molecule has 94 valence electrons. The van der Waals surface area contributed by atoms with E-state index in [-0.39, 0.29) is 0 Å². The molecule has 17 heavy (non-hydrogen) atoms. The molecule has 1 heterocycles. The molecule has 2 rings (SSSR count). The normalized spacial score (nSPS) is 17.2. The average molecular weight is 235 g/mol. The predicted molar refractivity (Wildman–Crippen MR) is 68.2 cm³/mol. The quantitative estimate of drug-likeness (QED) is 0.766. The van der Waals surface area contributed by atoms with Gasteiger partial charge in [-0.15, -0.1) is 0 Å². The zero-order valence-electron chi connectivity index (χ0n) is 10.2. The largest absolute Gasteiger partial charge is 0.508 e. The summed E-state index contributed by atoms with van der Waals surface area (Å²) in [5, 5.41) is 12.7. The second kappa shape index (κ2) is 6.62. The van der Waals surface area contributed by atoms with Crippen LogP contribution in [0.1, 0.15) is 18.4 Å². The molecule has 1 aliphatic heterocycles. The van der Waals surface area contributed by atoms with Gasteiger partial charge in [0.05, 0.1) is 0 Å². The Balaban J connectivity index is 1.60. The van der Waals surface area contributed by atoms with Crippen LogP contribution in [0.3, 0.4) is 0 Å². The van der Waals surface area contributed by atoms with E-state index < -0.39 is 0 Å². The molecule has 1 aliphatic rings. The van der Waals surface area contributed by atoms with E-state index in [4.69, 9.17) is 4.74 Å². The first-order valence-electron chi connectivity index (χ1n) is 6.41. The standard InChI is InChI=1S/C14H21NO2/c16-14-3-1-12(2-4-14)5-8-15-11-13-6-9-17-10-7-13/h1-4,13,15-16H,5-11H2. The van der Waals surface area contributed by atoms with Gasteiger partial charge in [-0.2, -0.15) is 0 Å². The fourth-order valence-corrected chi connectivity index (χ4v) is 2.15. The van der Waals surface area contributed by atoms with Crippen molar-refractivity contribution < 1.29 is 9.84 Å². The molecule has 0 spiro atoms. The molecule has 1 aromatic carbocycles. The molecule has 0 aliphatic carbocycles. The Labute approximate surface area is 103 Å². The van der Waals surface area contributed by atoms with E-state index in [9.17, 15) is 5.11 Å². The van der Waals surface area contributed by atoms with Gasteiger partial charge in [-0.25, -0.2) is 0 Å². The Morgan fingerprint density at radius 2 is 1.88 bits per heavy atom. The highest BCUT2D eigenvalue weighted by atomic mass is 16.5. The second-order valence-corrected chi connectivity index (χ2v) is 4.68. The van der Waals surface area contributed by atoms with Crippen molar-refractivity contribution in [1.29, 1.82) is 0 Å². The summed E-state index contributed by atoms with van der Waals surface area (Å²) in [5.74, 6) is 1.12. The third kappa shape index (κ3) is 4.36. The van der Waals surface area contributed by atoms with Crippen LogP contribution in [0.5, 0.6) is 5.75 Å². The molecule has 0 amide bonds. The zero-order chi connectivity index (χ0) is 11.9. The second-order valence-electron chi connectivity index (χ2n) is 4.68. The summed E-state index contributed by atoms with van der Waals surface area (Å²) in [7, 11) is 0. The summed E-state index contributed by atoms with van der Waals surface area (Å²) in [4.78, 5) is 0. The third-order valence-corrected chi connectivity index (χ3v) is 3.30. The monoisotopic (exact) mass is 235 g/mol. The van der Waals surface area contributed by atoms with E-state index in [1.165, 1.54) is 18.4 Å². The number of aromatic hydroxyl groups is 1. The summed E-state index contributed by atoms with van der Waals surface area (Å²) in [6.45, 7) is 3.94. The van der Waals surface area contributed by atoms with Crippen LogP contribution in [0.4, 0.5) is 0 Å². The van der Waals surface area contributed by atoms with Crippen molar-refractivity contribution in [2.24, 2.45) is 5.92 Å². The predicted octanol–water partition coefficient (Wildman–Crippen LogP) is 1.95. The number of phenolic OH excluding ortho intramolecular Hbond substituents is 1. The average Bonchev–Trinajstić information content (AvgIpc) is 2.38. The van der Waals surface area contributed by atoms with Crippen molar-refractivity contribution in [2.45, 2.75) is 19.3 Å². The lowest BCUT2D eigenvalue weighted by molar-refractivity contribution is 0.0664. The van der Waals surface area contributed by atoms with E-state index in [0.717, 1.165) is 38.6 Å². The first-order valence-corrected chi connectivity index (χ1v) is 6.41. The Kier molecular flexibility index (Phi) is 4.83. The summed E-state index contributed by atoms with van der Waals surface area (Å²) in [6, 6.07) is 7.44. The number of benzene rings is 1. The molecule has 3 nitrogen and oxygen atoms in total. The lowest BCUT2D eigenvalue weighted by Gasteiger charge is -2.22. The maximum atomic E-state index is 9.17. The third-order valence-electron chi connectivity index (χ3n) is 3.30. The molecular weight excluding hydrogens is 214 g/mol. The number of phenols is 1. The first kappa shape index (κ1) is 12.4. The first-order chi connectivity index (χ1) is 8.34. The van der Waals surface area contributed by atoms with Gasteiger partial charge in [-0.3, -0.25) is 0 Å². The minimum atomic E-state index is 0.337. The molecule has 1 fully saturated rings. The molecule has 0 bridgehead atoms. The van der Waals surface area contributed by atoms with Crippen molar-refractivity contribution in [3.63, 3.8) is 0 Å². The van der Waals surface area contributed by atoms with Crippen LogP contribution >= 0.6 is 0 Å². The molecule has 2 N–H and O–H groups in total. The van der Waals surface area contributed by atoms with E-state index in [0.29, 0.717) is 5.75 Å². The Morgan fingerprint density at radius 1 is 1.18 bits per heavy atom. The van der Waals surface area contributed by atoms with E-state index >= 15 is 0 Å². The van der Waals surface area contributed by atoms with Crippen LogP contribution in [0.25, 0.3) is 0 Å². The topological polar surface area (TPSA) is 41.5 Å². The highest BCUT2D eigenvalue weighted by Gasteiger charge is 2.12. The molecule has 0 atom stereocenters. The minimum Gasteiger partial charge on any atom is -0.508 e. The number of nitrogens with one attached hydrogen (secondary N) is 1. The highest BCUT2D eigenvalue weighted by molar-refractivity contribution is 5.25. The summed E-state index contributed by atoms with van der Waals surface area (Å²) in [5.41, 5.74) is 1.27. The van der Waals surface area contributed by atoms with Crippen LogP contribution in [-0.2, 0) is 11.2 Å². The summed E-state index contributed by atoms with van der Waals surface area (Å²) in [6.07, 6.45) is 3.39. The van der Waals surface area contributed by atoms with Gasteiger partial charge in [-0.1, -0.05) is 12.1 Å². The lowest BCUT2D eigenvalue weighted by atomic mass is 10.0. The van der Waals surface area contributed by atoms with Gasteiger partial charge < -0.3 is 15.2 Å². The smallest absolute Gasteiger partial charge is 0.115 e. The van der Waals surface area contributed by atoms with Crippen LogP contribution < -0.4 is 5.32 Å². The van der Waals surface area contributed by atoms with Gasteiger partial charge in [0.1, 0.15) is 5.75 Å². The molecule has 1 saturated heterocycles. The zero-order valence-corrected chi connectivity index (χ0v) is 10.2. The minimum absolute atomic E-state index is 0.337. The van der Waals surface area contributed by atoms with Gasteiger partial charge in [-0.05, 0) is 56.0 Å². The van der Waals surface area contributed by atoms with Crippen LogP contribution in [0.2, 0.25) is 0 Å². The molecule has 0 aromatic heterocycles. The number of rotatable bonds is 5. The van der Waals surface area contributed by atoms with Crippen LogP contribution in [0, 0.1) is 5.92 Å². The van der Waals surface area contributed by atoms with Gasteiger partial charge in [0, 0.05) is 13.2 Å². The van der Waals surface area contributed by atoms with Crippen molar-refractivity contribution in [1.82, 2.24) is 5.32 Å². The van der Waals surface area contributed by atoms with E-state index in [1.807, 2.05) is 12.1 Å². The molecule has 3 heteroatoms. The van der Waals surface area contributed by atoms with E-state index in [2.05, 4.69) is 5.32 Å². The van der Waals surface area contributed by atoms with Crippen molar-refractivity contribution in [3.8, 4) is 5.75 Å². The molecule has 0 radical (unpaired) electrons. The number of hydrogen-bond acceptors (Lipinski definition) is 3. The van der Waals surface area contributed by atoms with Crippen LogP contribution in [-0.4, -0.2) is 31.4 Å². The Bertz CT molecular complexity index is 317. The highest BCUT2D eigenvalue weighted by Crippen LogP contribution is 2.13. The van der Waals surface area contributed by atoms with Gasteiger partial charge >= 0.3 is 0 Å². The van der Waals surface area contributed by atoms with Gasteiger partial charge in [0.25, 0.3) is 0 Å². The van der Waals surface area contributed by atoms with E-state index in [1.54, 1.807) is 12.1 Å². The molecular formula is C14H21NO2. The summed E-state index contributed by atoms with van der Waals surface area (Å²) >= 11 is 0. The molecule has 0 saturated carbocycles. The van der Waals surface area contributed by atoms with Crippen molar-refractivity contribution >= 4 is 0 Å².